The Kier molecular flexibility index (Phi) is 3.93. The van der Waals surface area contributed by atoms with Crippen molar-refractivity contribution in [2.75, 3.05) is 11.9 Å². The minimum atomic E-state index is -0.976. The second kappa shape index (κ2) is 5.20. The summed E-state index contributed by atoms with van der Waals surface area (Å²) in [5, 5.41) is 12.8. The topological polar surface area (TPSA) is 55.2 Å². The zero-order valence-corrected chi connectivity index (χ0v) is 8.37. The van der Waals surface area contributed by atoms with Gasteiger partial charge in [-0.05, 0) is 6.42 Å². The monoisotopic (exact) mass is 228 g/mol. The maximum atomic E-state index is 13.3. The normalized spacial score (nSPS) is 9.88. The van der Waals surface area contributed by atoms with E-state index in [1.54, 1.807) is 6.08 Å². The van der Waals surface area contributed by atoms with Gasteiger partial charge in [0.2, 0.25) is 0 Å². The Morgan fingerprint density at radius 3 is 2.44 bits per heavy atom. The second-order valence-electron chi connectivity index (χ2n) is 3.05. The number of hydrogen-bond donors (Lipinski definition) is 1. The van der Waals surface area contributed by atoms with Crippen LogP contribution < -0.4 is 5.32 Å². The standard InChI is InChI=1S/C10H10F2N2O2/c1-2-3-4-13-10-8(11)5-7(14(15)16)6-9(10)12/h2,5-6,13H,1,3-4H2. The van der Waals surface area contributed by atoms with Crippen LogP contribution in [-0.2, 0) is 0 Å². The van der Waals surface area contributed by atoms with Crippen molar-refractivity contribution < 1.29 is 13.7 Å². The van der Waals surface area contributed by atoms with Crippen molar-refractivity contribution in [2.45, 2.75) is 6.42 Å². The van der Waals surface area contributed by atoms with Crippen LogP contribution >= 0.6 is 0 Å². The van der Waals surface area contributed by atoms with Crippen LogP contribution in [0.15, 0.2) is 24.8 Å². The Hall–Kier alpha value is -1.98. The van der Waals surface area contributed by atoms with Gasteiger partial charge in [0.05, 0.1) is 17.1 Å². The molecule has 1 aromatic rings. The molecular weight excluding hydrogens is 218 g/mol. The van der Waals surface area contributed by atoms with Crippen molar-refractivity contribution in [3.8, 4) is 0 Å². The Morgan fingerprint density at radius 2 is 2.00 bits per heavy atom. The number of nitro groups is 1. The Bertz CT molecular complexity index is 398. The van der Waals surface area contributed by atoms with Crippen molar-refractivity contribution in [1.29, 1.82) is 0 Å². The molecule has 1 rings (SSSR count). The van der Waals surface area contributed by atoms with Gasteiger partial charge in [-0.25, -0.2) is 8.78 Å². The summed E-state index contributed by atoms with van der Waals surface area (Å²) in [6.07, 6.45) is 2.13. The van der Waals surface area contributed by atoms with E-state index in [2.05, 4.69) is 11.9 Å². The molecule has 0 aliphatic carbocycles. The van der Waals surface area contributed by atoms with Gasteiger partial charge in [0.25, 0.3) is 5.69 Å². The highest BCUT2D eigenvalue weighted by Gasteiger charge is 2.16. The predicted octanol–water partition coefficient (Wildman–Crippen LogP) is 2.86. The van der Waals surface area contributed by atoms with Crippen molar-refractivity contribution in [3.63, 3.8) is 0 Å². The number of nitrogens with zero attached hydrogens (tertiary/aromatic N) is 1. The first-order valence-corrected chi connectivity index (χ1v) is 4.54. The third kappa shape index (κ3) is 2.75. The lowest BCUT2D eigenvalue weighted by Gasteiger charge is -2.07. The van der Waals surface area contributed by atoms with Gasteiger partial charge in [-0.15, -0.1) is 6.58 Å². The number of rotatable bonds is 5. The molecule has 0 aliphatic heterocycles. The second-order valence-corrected chi connectivity index (χ2v) is 3.05. The first-order valence-electron chi connectivity index (χ1n) is 4.54. The fraction of sp³-hybridized carbons (Fsp3) is 0.200. The number of anilines is 1. The average molecular weight is 228 g/mol. The zero-order valence-electron chi connectivity index (χ0n) is 8.37. The minimum Gasteiger partial charge on any atom is -0.380 e. The van der Waals surface area contributed by atoms with Crippen LogP contribution in [0.1, 0.15) is 6.42 Å². The Balaban J connectivity index is 2.93. The van der Waals surface area contributed by atoms with E-state index < -0.39 is 22.2 Å². The van der Waals surface area contributed by atoms with Crippen LogP contribution in [0.2, 0.25) is 0 Å². The lowest BCUT2D eigenvalue weighted by atomic mass is 10.2. The molecule has 0 spiro atoms. The Labute approximate surface area is 90.7 Å². The molecule has 1 N–H and O–H groups in total. The number of benzene rings is 1. The van der Waals surface area contributed by atoms with Gasteiger partial charge in [-0.1, -0.05) is 6.08 Å². The maximum absolute atomic E-state index is 13.3. The molecule has 16 heavy (non-hydrogen) atoms. The van der Waals surface area contributed by atoms with E-state index in [0.717, 1.165) is 0 Å². The molecular formula is C10H10F2N2O2. The molecule has 0 heterocycles. The lowest BCUT2D eigenvalue weighted by Crippen LogP contribution is -2.05. The molecule has 0 aliphatic rings. The van der Waals surface area contributed by atoms with Gasteiger partial charge >= 0.3 is 0 Å². The van der Waals surface area contributed by atoms with E-state index in [-0.39, 0.29) is 5.69 Å². The molecule has 0 bridgehead atoms. The fourth-order valence-corrected chi connectivity index (χ4v) is 1.13. The van der Waals surface area contributed by atoms with Gasteiger partial charge in [-0.2, -0.15) is 0 Å². The van der Waals surface area contributed by atoms with Crippen molar-refractivity contribution >= 4 is 11.4 Å². The molecule has 0 saturated heterocycles. The van der Waals surface area contributed by atoms with Gasteiger partial charge in [0.15, 0.2) is 11.6 Å². The molecule has 86 valence electrons. The fourth-order valence-electron chi connectivity index (χ4n) is 1.13. The van der Waals surface area contributed by atoms with Gasteiger partial charge in [0.1, 0.15) is 5.69 Å². The molecule has 1 aromatic carbocycles. The van der Waals surface area contributed by atoms with Crippen LogP contribution in [0.3, 0.4) is 0 Å². The summed E-state index contributed by atoms with van der Waals surface area (Å²) >= 11 is 0. The zero-order chi connectivity index (χ0) is 12.1. The molecule has 0 atom stereocenters. The minimum absolute atomic E-state index is 0.315. The van der Waals surface area contributed by atoms with E-state index in [0.29, 0.717) is 25.1 Å². The van der Waals surface area contributed by atoms with Gasteiger partial charge in [-0.3, -0.25) is 10.1 Å². The smallest absolute Gasteiger partial charge is 0.275 e. The molecule has 0 radical (unpaired) electrons. The Morgan fingerprint density at radius 1 is 1.44 bits per heavy atom. The summed E-state index contributed by atoms with van der Waals surface area (Å²) in [6, 6.07) is 1.36. The van der Waals surface area contributed by atoms with Crippen LogP contribution in [0.4, 0.5) is 20.2 Å². The first kappa shape index (κ1) is 12.1. The summed E-state index contributed by atoms with van der Waals surface area (Å²) in [5.41, 5.74) is -0.961. The van der Waals surface area contributed by atoms with Crippen LogP contribution in [0, 0.1) is 21.7 Å². The summed E-state index contributed by atoms with van der Waals surface area (Å²) in [5.74, 6) is -1.95. The van der Waals surface area contributed by atoms with Crippen LogP contribution in [-0.4, -0.2) is 11.5 Å². The quantitative estimate of drug-likeness (QED) is 0.365. The summed E-state index contributed by atoms with van der Waals surface area (Å²) in [6.45, 7) is 3.77. The average Bonchev–Trinajstić information content (AvgIpc) is 2.21. The van der Waals surface area contributed by atoms with Crippen LogP contribution in [0.25, 0.3) is 0 Å². The van der Waals surface area contributed by atoms with Crippen LogP contribution in [0.5, 0.6) is 0 Å². The highest BCUT2D eigenvalue weighted by Crippen LogP contribution is 2.24. The SMILES string of the molecule is C=CCCNc1c(F)cc([N+](=O)[O-])cc1F. The third-order valence-electron chi connectivity index (χ3n) is 1.89. The van der Waals surface area contributed by atoms with Crippen molar-refractivity contribution in [3.05, 3.63) is 46.5 Å². The number of nitro benzene ring substituents is 1. The highest BCUT2D eigenvalue weighted by atomic mass is 19.1. The molecule has 0 unspecified atom stereocenters. The molecule has 4 nitrogen and oxygen atoms in total. The summed E-state index contributed by atoms with van der Waals surface area (Å²) in [4.78, 5) is 9.47. The maximum Gasteiger partial charge on any atom is 0.275 e. The van der Waals surface area contributed by atoms with Crippen molar-refractivity contribution in [1.82, 2.24) is 0 Å². The molecule has 0 amide bonds. The lowest BCUT2D eigenvalue weighted by molar-refractivity contribution is -0.385. The number of non-ortho nitro benzene ring substituents is 1. The van der Waals surface area contributed by atoms with Gasteiger partial charge < -0.3 is 5.32 Å². The summed E-state index contributed by atoms with van der Waals surface area (Å²) in [7, 11) is 0. The van der Waals surface area contributed by atoms with E-state index >= 15 is 0 Å². The van der Waals surface area contributed by atoms with E-state index in [9.17, 15) is 18.9 Å². The largest absolute Gasteiger partial charge is 0.380 e. The molecule has 0 fully saturated rings. The summed E-state index contributed by atoms with van der Waals surface area (Å²) < 4.78 is 26.5. The molecule has 0 saturated carbocycles. The number of hydrogen-bond acceptors (Lipinski definition) is 3. The molecule has 6 heteroatoms. The molecule has 0 aromatic heterocycles. The highest BCUT2D eigenvalue weighted by molar-refractivity contribution is 5.51. The number of halogens is 2. The van der Waals surface area contributed by atoms with E-state index in [1.807, 2.05) is 0 Å². The first-order chi connectivity index (χ1) is 7.56. The van der Waals surface area contributed by atoms with Crippen molar-refractivity contribution in [2.24, 2.45) is 0 Å². The predicted molar refractivity (Wildman–Crippen MR) is 56.3 cm³/mol. The van der Waals surface area contributed by atoms with E-state index in [1.165, 1.54) is 0 Å². The number of nitrogens with one attached hydrogen (secondary N) is 1. The third-order valence-corrected chi connectivity index (χ3v) is 1.89. The van der Waals surface area contributed by atoms with Gasteiger partial charge in [0, 0.05) is 6.54 Å². The van der Waals surface area contributed by atoms with E-state index in [4.69, 9.17) is 0 Å².